The maximum Gasteiger partial charge on any atom is 0.264 e. The van der Waals surface area contributed by atoms with Crippen molar-refractivity contribution in [1.29, 1.82) is 0 Å². The fourth-order valence-electron chi connectivity index (χ4n) is 1.92. The first-order valence-corrected chi connectivity index (χ1v) is 9.39. The number of rotatable bonds is 5. The molecule has 0 saturated heterocycles. The second-order valence-corrected chi connectivity index (χ2v) is 7.95. The van der Waals surface area contributed by atoms with E-state index in [1.54, 1.807) is 13.0 Å². The van der Waals surface area contributed by atoms with E-state index in [0.29, 0.717) is 5.76 Å². The SMILES string of the molecule is Cc1ccc(Sc2ccc(S(=O)(=O)Nc3cc(C)on3)cn2)cc1. The van der Waals surface area contributed by atoms with Gasteiger partial charge in [-0.25, -0.2) is 13.4 Å². The lowest BCUT2D eigenvalue weighted by Crippen LogP contribution is -2.13. The standard InChI is InChI=1S/C16H15N3O3S2/c1-11-3-5-13(6-4-11)23-16-8-7-14(10-17-16)24(20,21)19-15-9-12(2)22-18-15/h3-10H,1-2H3,(H,18,19). The molecule has 3 aromatic rings. The van der Waals surface area contributed by atoms with Crippen LogP contribution in [-0.2, 0) is 10.0 Å². The van der Waals surface area contributed by atoms with Crippen LogP contribution in [0, 0.1) is 13.8 Å². The molecule has 0 radical (unpaired) electrons. The summed E-state index contributed by atoms with van der Waals surface area (Å²) in [6, 6.07) is 12.7. The van der Waals surface area contributed by atoms with Crippen molar-refractivity contribution in [3.63, 3.8) is 0 Å². The minimum absolute atomic E-state index is 0.0661. The lowest BCUT2D eigenvalue weighted by molar-refractivity contribution is 0.400. The maximum absolute atomic E-state index is 12.3. The molecule has 0 spiro atoms. The van der Waals surface area contributed by atoms with Crippen molar-refractivity contribution in [2.24, 2.45) is 0 Å². The summed E-state index contributed by atoms with van der Waals surface area (Å²) in [6.07, 6.45) is 1.33. The van der Waals surface area contributed by atoms with E-state index < -0.39 is 10.0 Å². The highest BCUT2D eigenvalue weighted by Crippen LogP contribution is 2.27. The van der Waals surface area contributed by atoms with Gasteiger partial charge >= 0.3 is 0 Å². The minimum Gasteiger partial charge on any atom is -0.360 e. The molecular weight excluding hydrogens is 346 g/mol. The molecule has 0 aliphatic heterocycles. The predicted molar refractivity (Wildman–Crippen MR) is 91.6 cm³/mol. The van der Waals surface area contributed by atoms with Gasteiger partial charge in [0.1, 0.15) is 15.7 Å². The van der Waals surface area contributed by atoms with Gasteiger partial charge in [0.2, 0.25) is 0 Å². The first-order chi connectivity index (χ1) is 11.4. The second kappa shape index (κ2) is 6.66. The Hall–Kier alpha value is -2.32. The molecule has 24 heavy (non-hydrogen) atoms. The van der Waals surface area contributed by atoms with Gasteiger partial charge < -0.3 is 4.52 Å². The maximum atomic E-state index is 12.3. The number of sulfonamides is 1. The van der Waals surface area contributed by atoms with Crippen LogP contribution < -0.4 is 4.72 Å². The summed E-state index contributed by atoms with van der Waals surface area (Å²) >= 11 is 1.47. The molecule has 124 valence electrons. The Bertz CT molecular complexity index is 933. The summed E-state index contributed by atoms with van der Waals surface area (Å²) in [5.41, 5.74) is 1.18. The van der Waals surface area contributed by atoms with Gasteiger partial charge in [-0.1, -0.05) is 34.6 Å². The zero-order valence-electron chi connectivity index (χ0n) is 13.1. The zero-order valence-corrected chi connectivity index (χ0v) is 14.7. The van der Waals surface area contributed by atoms with Crippen LogP contribution in [0.25, 0.3) is 0 Å². The van der Waals surface area contributed by atoms with Gasteiger partial charge in [0, 0.05) is 17.2 Å². The highest BCUT2D eigenvalue weighted by molar-refractivity contribution is 7.99. The van der Waals surface area contributed by atoms with Gasteiger partial charge in [0.25, 0.3) is 10.0 Å². The molecule has 0 saturated carbocycles. The van der Waals surface area contributed by atoms with Crippen molar-refractivity contribution in [2.75, 3.05) is 4.72 Å². The number of aryl methyl sites for hydroxylation is 2. The molecule has 0 bridgehead atoms. The molecule has 0 amide bonds. The molecule has 0 fully saturated rings. The van der Waals surface area contributed by atoms with E-state index in [1.165, 1.54) is 35.7 Å². The summed E-state index contributed by atoms with van der Waals surface area (Å²) in [5, 5.41) is 4.33. The van der Waals surface area contributed by atoms with E-state index in [2.05, 4.69) is 14.9 Å². The van der Waals surface area contributed by atoms with E-state index in [9.17, 15) is 8.42 Å². The number of pyridine rings is 1. The van der Waals surface area contributed by atoms with Gasteiger partial charge in [-0.15, -0.1) is 0 Å². The molecular formula is C16H15N3O3S2. The van der Waals surface area contributed by atoms with Crippen LogP contribution in [0.3, 0.4) is 0 Å². The quantitative estimate of drug-likeness (QED) is 0.747. The molecule has 3 rings (SSSR count). The Labute approximate surface area is 144 Å². The number of nitrogens with one attached hydrogen (secondary N) is 1. The van der Waals surface area contributed by atoms with Crippen molar-refractivity contribution in [3.05, 3.63) is 60.0 Å². The number of nitrogens with zero attached hydrogens (tertiary/aromatic N) is 2. The smallest absolute Gasteiger partial charge is 0.264 e. The van der Waals surface area contributed by atoms with E-state index in [0.717, 1.165) is 9.92 Å². The van der Waals surface area contributed by atoms with Crippen LogP contribution in [0.2, 0.25) is 0 Å². The third-order valence-corrected chi connectivity index (χ3v) is 5.43. The van der Waals surface area contributed by atoms with Crippen LogP contribution in [0.1, 0.15) is 11.3 Å². The van der Waals surface area contributed by atoms with Gasteiger partial charge in [0.05, 0.1) is 0 Å². The Kier molecular flexibility index (Phi) is 4.59. The number of hydrogen-bond acceptors (Lipinski definition) is 6. The third-order valence-electron chi connectivity index (χ3n) is 3.13. The summed E-state index contributed by atoms with van der Waals surface area (Å²) < 4.78 is 31.8. The fraction of sp³-hybridized carbons (Fsp3) is 0.125. The Morgan fingerprint density at radius 3 is 2.42 bits per heavy atom. The van der Waals surface area contributed by atoms with Crippen molar-refractivity contribution in [1.82, 2.24) is 10.1 Å². The molecule has 2 heterocycles. The first-order valence-electron chi connectivity index (χ1n) is 7.09. The minimum atomic E-state index is -3.74. The summed E-state index contributed by atoms with van der Waals surface area (Å²) in [7, 11) is -3.74. The molecule has 0 atom stereocenters. The van der Waals surface area contributed by atoms with Gasteiger partial charge in [0.15, 0.2) is 5.82 Å². The van der Waals surface area contributed by atoms with Gasteiger partial charge in [-0.3, -0.25) is 4.72 Å². The average Bonchev–Trinajstić information content (AvgIpc) is 2.94. The number of anilines is 1. The molecule has 0 aliphatic carbocycles. The fourth-order valence-corrected chi connectivity index (χ4v) is 3.61. The van der Waals surface area contributed by atoms with Gasteiger partial charge in [-0.2, -0.15) is 0 Å². The number of hydrogen-bond donors (Lipinski definition) is 1. The lowest BCUT2D eigenvalue weighted by atomic mass is 10.2. The van der Waals surface area contributed by atoms with Crippen LogP contribution in [0.15, 0.2) is 68.0 Å². The van der Waals surface area contributed by atoms with Crippen molar-refractivity contribution in [3.8, 4) is 0 Å². The average molecular weight is 361 g/mol. The highest BCUT2D eigenvalue weighted by atomic mass is 32.2. The normalized spacial score (nSPS) is 11.4. The van der Waals surface area contributed by atoms with E-state index >= 15 is 0 Å². The summed E-state index contributed by atoms with van der Waals surface area (Å²) in [5.74, 6) is 0.668. The molecule has 6 nitrogen and oxygen atoms in total. The topological polar surface area (TPSA) is 85.1 Å². The monoisotopic (exact) mass is 361 g/mol. The molecule has 1 N–H and O–H groups in total. The number of benzene rings is 1. The van der Waals surface area contributed by atoms with Crippen molar-refractivity contribution in [2.45, 2.75) is 28.7 Å². The zero-order chi connectivity index (χ0) is 17.2. The Balaban J connectivity index is 1.74. The summed E-state index contributed by atoms with van der Waals surface area (Å²) in [4.78, 5) is 5.32. The Morgan fingerprint density at radius 1 is 1.08 bits per heavy atom. The van der Waals surface area contributed by atoms with E-state index in [4.69, 9.17) is 4.52 Å². The summed E-state index contributed by atoms with van der Waals surface area (Å²) in [6.45, 7) is 3.71. The molecule has 2 aromatic heterocycles. The van der Waals surface area contributed by atoms with E-state index in [1.807, 2.05) is 31.2 Å². The van der Waals surface area contributed by atoms with Crippen LogP contribution in [0.5, 0.6) is 0 Å². The van der Waals surface area contributed by atoms with Crippen molar-refractivity contribution >= 4 is 27.6 Å². The van der Waals surface area contributed by atoms with Crippen LogP contribution in [0.4, 0.5) is 5.82 Å². The van der Waals surface area contributed by atoms with Crippen LogP contribution in [-0.4, -0.2) is 18.6 Å². The first kappa shape index (κ1) is 16.5. The molecule has 8 heteroatoms. The largest absolute Gasteiger partial charge is 0.360 e. The lowest BCUT2D eigenvalue weighted by Gasteiger charge is -2.06. The highest BCUT2D eigenvalue weighted by Gasteiger charge is 2.16. The van der Waals surface area contributed by atoms with Crippen LogP contribution >= 0.6 is 11.8 Å². The Morgan fingerprint density at radius 2 is 1.83 bits per heavy atom. The number of aromatic nitrogens is 2. The molecule has 0 aliphatic rings. The van der Waals surface area contributed by atoms with Crippen molar-refractivity contribution < 1.29 is 12.9 Å². The molecule has 1 aromatic carbocycles. The third kappa shape index (κ3) is 3.95. The second-order valence-electron chi connectivity index (χ2n) is 5.18. The molecule has 0 unspecified atom stereocenters. The van der Waals surface area contributed by atoms with Gasteiger partial charge in [-0.05, 0) is 38.1 Å². The predicted octanol–water partition coefficient (Wildman–Crippen LogP) is 3.64. The van der Waals surface area contributed by atoms with E-state index in [-0.39, 0.29) is 10.7 Å².